The van der Waals surface area contributed by atoms with Gasteiger partial charge in [-0.05, 0) is 42.8 Å². The lowest BCUT2D eigenvalue weighted by molar-refractivity contribution is -0.141. The van der Waals surface area contributed by atoms with E-state index >= 15 is 0 Å². The molecule has 0 fully saturated rings. The number of alkyl halides is 3. The molecule has 0 atom stereocenters. The molecule has 2 aromatic rings. The van der Waals surface area contributed by atoms with Gasteiger partial charge in [0.05, 0.1) is 23.5 Å². The first kappa shape index (κ1) is 13.9. The Hall–Kier alpha value is -2.55. The highest BCUT2D eigenvalue weighted by molar-refractivity contribution is 5.61. The SMILES string of the molecule is Cc1cc(Nc2ccc(C(F)(F)F)nc2)ccc1C#N. The topological polar surface area (TPSA) is 48.7 Å². The van der Waals surface area contributed by atoms with Crippen molar-refractivity contribution in [1.29, 1.82) is 5.26 Å². The quantitative estimate of drug-likeness (QED) is 0.901. The van der Waals surface area contributed by atoms with Crippen LogP contribution in [0.3, 0.4) is 0 Å². The first-order chi connectivity index (χ1) is 9.40. The van der Waals surface area contributed by atoms with Crippen molar-refractivity contribution in [2.24, 2.45) is 0 Å². The van der Waals surface area contributed by atoms with Crippen LogP contribution in [0.5, 0.6) is 0 Å². The van der Waals surface area contributed by atoms with Crippen LogP contribution in [-0.4, -0.2) is 4.98 Å². The number of benzene rings is 1. The molecule has 102 valence electrons. The lowest BCUT2D eigenvalue weighted by atomic mass is 10.1. The highest BCUT2D eigenvalue weighted by Gasteiger charge is 2.31. The van der Waals surface area contributed by atoms with Gasteiger partial charge in [0.1, 0.15) is 5.69 Å². The van der Waals surface area contributed by atoms with Gasteiger partial charge in [-0.3, -0.25) is 0 Å². The largest absolute Gasteiger partial charge is 0.433 e. The summed E-state index contributed by atoms with van der Waals surface area (Å²) in [6.45, 7) is 1.79. The Labute approximate surface area is 113 Å². The molecule has 20 heavy (non-hydrogen) atoms. The zero-order valence-corrected chi connectivity index (χ0v) is 10.5. The van der Waals surface area contributed by atoms with Crippen LogP contribution < -0.4 is 5.32 Å². The van der Waals surface area contributed by atoms with Crippen molar-refractivity contribution in [1.82, 2.24) is 4.98 Å². The molecular formula is C14H10F3N3. The molecule has 2 rings (SSSR count). The molecule has 0 saturated heterocycles. The number of nitrogens with zero attached hydrogens (tertiary/aromatic N) is 2. The molecule has 1 heterocycles. The summed E-state index contributed by atoms with van der Waals surface area (Å²) in [5.74, 6) is 0. The number of pyridine rings is 1. The van der Waals surface area contributed by atoms with E-state index in [1.165, 1.54) is 6.07 Å². The minimum absolute atomic E-state index is 0.446. The third kappa shape index (κ3) is 3.06. The molecule has 0 amide bonds. The summed E-state index contributed by atoms with van der Waals surface area (Å²) in [6.07, 6.45) is -3.32. The second-order valence-electron chi connectivity index (χ2n) is 4.20. The summed E-state index contributed by atoms with van der Waals surface area (Å²) in [4.78, 5) is 3.36. The van der Waals surface area contributed by atoms with E-state index in [0.29, 0.717) is 16.9 Å². The Kier molecular flexibility index (Phi) is 3.61. The van der Waals surface area contributed by atoms with Gasteiger partial charge in [-0.1, -0.05) is 0 Å². The molecule has 0 bridgehead atoms. The number of aryl methyl sites for hydroxylation is 1. The third-order valence-electron chi connectivity index (χ3n) is 2.69. The van der Waals surface area contributed by atoms with Gasteiger partial charge in [0.15, 0.2) is 0 Å². The predicted molar refractivity (Wildman–Crippen MR) is 68.4 cm³/mol. The second kappa shape index (κ2) is 5.21. The lowest BCUT2D eigenvalue weighted by Gasteiger charge is -2.09. The highest BCUT2D eigenvalue weighted by Crippen LogP contribution is 2.28. The summed E-state index contributed by atoms with van der Waals surface area (Å²) < 4.78 is 37.1. The van der Waals surface area contributed by atoms with Crippen LogP contribution in [0.4, 0.5) is 24.5 Å². The van der Waals surface area contributed by atoms with Crippen molar-refractivity contribution >= 4 is 11.4 Å². The van der Waals surface area contributed by atoms with Crippen molar-refractivity contribution in [2.75, 3.05) is 5.32 Å². The number of hydrogen-bond donors (Lipinski definition) is 1. The first-order valence-electron chi connectivity index (χ1n) is 5.71. The van der Waals surface area contributed by atoms with E-state index in [2.05, 4.69) is 10.3 Å². The van der Waals surface area contributed by atoms with Gasteiger partial charge in [-0.15, -0.1) is 0 Å². The zero-order chi connectivity index (χ0) is 14.8. The number of aromatic nitrogens is 1. The Morgan fingerprint density at radius 3 is 2.35 bits per heavy atom. The summed E-state index contributed by atoms with van der Waals surface area (Å²) in [5.41, 5.74) is 1.54. The van der Waals surface area contributed by atoms with Gasteiger partial charge in [0, 0.05) is 5.69 Å². The number of nitrogens with one attached hydrogen (secondary N) is 1. The molecule has 1 aromatic carbocycles. The van der Waals surface area contributed by atoms with E-state index in [0.717, 1.165) is 17.8 Å². The molecule has 0 aliphatic rings. The Morgan fingerprint density at radius 2 is 1.85 bits per heavy atom. The summed E-state index contributed by atoms with van der Waals surface area (Å²) >= 11 is 0. The van der Waals surface area contributed by atoms with Gasteiger partial charge in [0.2, 0.25) is 0 Å². The minimum atomic E-state index is -4.44. The molecule has 0 spiro atoms. The van der Waals surface area contributed by atoms with Crippen LogP contribution in [0.15, 0.2) is 36.5 Å². The van der Waals surface area contributed by atoms with Crippen molar-refractivity contribution in [3.05, 3.63) is 53.3 Å². The number of anilines is 2. The monoisotopic (exact) mass is 277 g/mol. The molecule has 0 radical (unpaired) electrons. The van der Waals surface area contributed by atoms with Crippen LogP contribution in [0, 0.1) is 18.3 Å². The fourth-order valence-corrected chi connectivity index (χ4v) is 1.67. The standard InChI is InChI=1S/C14H10F3N3/c1-9-6-11(3-2-10(9)7-18)20-12-4-5-13(19-8-12)14(15,16)17/h2-6,8,20H,1H3. The van der Waals surface area contributed by atoms with E-state index in [4.69, 9.17) is 5.26 Å². The number of rotatable bonds is 2. The van der Waals surface area contributed by atoms with Crippen LogP contribution in [-0.2, 0) is 6.18 Å². The normalized spacial score (nSPS) is 10.9. The van der Waals surface area contributed by atoms with E-state index in [9.17, 15) is 13.2 Å². The summed E-state index contributed by atoms with van der Waals surface area (Å²) in [5, 5.41) is 11.8. The van der Waals surface area contributed by atoms with Crippen molar-refractivity contribution in [2.45, 2.75) is 13.1 Å². The fourth-order valence-electron chi connectivity index (χ4n) is 1.67. The molecule has 0 unspecified atom stereocenters. The van der Waals surface area contributed by atoms with E-state index in [-0.39, 0.29) is 0 Å². The Bertz CT molecular complexity index is 655. The first-order valence-corrected chi connectivity index (χ1v) is 5.71. The molecule has 3 nitrogen and oxygen atoms in total. The molecule has 0 aliphatic heterocycles. The summed E-state index contributed by atoms with van der Waals surface area (Å²) in [6, 6.07) is 9.35. The van der Waals surface area contributed by atoms with Crippen molar-refractivity contribution in [3.8, 4) is 6.07 Å². The summed E-state index contributed by atoms with van der Waals surface area (Å²) in [7, 11) is 0. The maximum absolute atomic E-state index is 12.4. The second-order valence-corrected chi connectivity index (χ2v) is 4.20. The molecule has 0 saturated carbocycles. The lowest BCUT2D eigenvalue weighted by Crippen LogP contribution is -2.07. The average molecular weight is 277 g/mol. The highest BCUT2D eigenvalue weighted by atomic mass is 19.4. The Morgan fingerprint density at radius 1 is 1.15 bits per heavy atom. The average Bonchev–Trinajstić information content (AvgIpc) is 2.38. The van der Waals surface area contributed by atoms with Crippen molar-refractivity contribution in [3.63, 3.8) is 0 Å². The van der Waals surface area contributed by atoms with E-state index in [1.807, 2.05) is 6.07 Å². The maximum Gasteiger partial charge on any atom is 0.433 e. The van der Waals surface area contributed by atoms with Crippen LogP contribution in [0.1, 0.15) is 16.8 Å². The predicted octanol–water partition coefficient (Wildman–Crippen LogP) is 4.02. The van der Waals surface area contributed by atoms with Crippen molar-refractivity contribution < 1.29 is 13.2 Å². The Balaban J connectivity index is 2.19. The van der Waals surface area contributed by atoms with Gasteiger partial charge in [-0.2, -0.15) is 18.4 Å². The van der Waals surface area contributed by atoms with Crippen LogP contribution in [0.2, 0.25) is 0 Å². The molecule has 0 aliphatic carbocycles. The van der Waals surface area contributed by atoms with Crippen LogP contribution >= 0.6 is 0 Å². The van der Waals surface area contributed by atoms with Gasteiger partial charge in [0.25, 0.3) is 0 Å². The minimum Gasteiger partial charge on any atom is -0.354 e. The molecular weight excluding hydrogens is 267 g/mol. The smallest absolute Gasteiger partial charge is 0.354 e. The van der Waals surface area contributed by atoms with E-state index in [1.54, 1.807) is 25.1 Å². The van der Waals surface area contributed by atoms with E-state index < -0.39 is 11.9 Å². The molecule has 1 aromatic heterocycles. The third-order valence-corrected chi connectivity index (χ3v) is 2.69. The van der Waals surface area contributed by atoms with Gasteiger partial charge >= 0.3 is 6.18 Å². The number of halogens is 3. The fraction of sp³-hybridized carbons (Fsp3) is 0.143. The van der Waals surface area contributed by atoms with Gasteiger partial charge in [-0.25, -0.2) is 4.98 Å². The zero-order valence-electron chi connectivity index (χ0n) is 10.5. The molecule has 1 N–H and O–H groups in total. The number of nitriles is 1. The van der Waals surface area contributed by atoms with Gasteiger partial charge < -0.3 is 5.32 Å². The maximum atomic E-state index is 12.4. The van der Waals surface area contributed by atoms with Crippen LogP contribution in [0.25, 0.3) is 0 Å². The number of hydrogen-bond acceptors (Lipinski definition) is 3. The molecule has 6 heteroatoms.